The Morgan fingerprint density at radius 2 is 2.12 bits per heavy atom. The number of nitrogens with zero attached hydrogens (tertiary/aromatic N) is 1. The van der Waals surface area contributed by atoms with Crippen molar-refractivity contribution >= 4 is 0 Å². The van der Waals surface area contributed by atoms with Crippen molar-refractivity contribution in [3.05, 3.63) is 18.0 Å². The summed E-state index contributed by atoms with van der Waals surface area (Å²) in [4.78, 5) is 0. The molecule has 46 valence electrons. The predicted molar refractivity (Wildman–Crippen MR) is 32.6 cm³/mol. The van der Waals surface area contributed by atoms with E-state index in [9.17, 15) is 0 Å². The van der Waals surface area contributed by atoms with Crippen LogP contribution < -0.4 is 0 Å². The average Bonchev–Trinajstić information content (AvgIpc) is 2.24. The molecule has 0 amide bonds. The fourth-order valence-electron chi connectivity index (χ4n) is 0.279. The summed E-state index contributed by atoms with van der Waals surface area (Å²) < 4.78 is 4.58. The molecular weight excluding hydrogens is 102 g/mol. The molecule has 8 heavy (non-hydrogen) atoms. The minimum atomic E-state index is 0.856. The molecule has 0 saturated carbocycles. The fraction of sp³-hybridized carbons (Fsp3) is 0.500. The van der Waals surface area contributed by atoms with Gasteiger partial charge in [0.1, 0.15) is 5.76 Å². The minimum absolute atomic E-state index is 0.856. The van der Waals surface area contributed by atoms with Gasteiger partial charge in [-0.05, 0) is 6.92 Å². The highest BCUT2D eigenvalue weighted by atomic mass is 16.5. The average molecular weight is 113 g/mol. The van der Waals surface area contributed by atoms with E-state index in [1.807, 2.05) is 20.8 Å². The summed E-state index contributed by atoms with van der Waals surface area (Å²) in [5.74, 6) is 0.856. The number of hydrogen-bond acceptors (Lipinski definition) is 2. The smallest absolute Gasteiger partial charge is 0.133 e. The Hall–Kier alpha value is -0.790. The second-order valence-corrected chi connectivity index (χ2v) is 1.12. The van der Waals surface area contributed by atoms with E-state index in [4.69, 9.17) is 0 Å². The molecule has 0 saturated heterocycles. The van der Waals surface area contributed by atoms with E-state index in [-0.39, 0.29) is 0 Å². The van der Waals surface area contributed by atoms with Gasteiger partial charge in [0, 0.05) is 6.07 Å². The lowest BCUT2D eigenvalue weighted by atomic mass is 10.5. The Morgan fingerprint density at radius 1 is 1.50 bits per heavy atom. The van der Waals surface area contributed by atoms with Crippen LogP contribution in [0.2, 0.25) is 0 Å². The van der Waals surface area contributed by atoms with Crippen molar-refractivity contribution in [1.82, 2.24) is 5.16 Å². The molecule has 0 N–H and O–H groups in total. The molecule has 0 aliphatic heterocycles. The van der Waals surface area contributed by atoms with E-state index in [0.29, 0.717) is 0 Å². The molecule has 0 aromatic carbocycles. The van der Waals surface area contributed by atoms with Crippen LogP contribution in [0.1, 0.15) is 19.6 Å². The number of aromatic nitrogens is 1. The third-order valence-corrected chi connectivity index (χ3v) is 0.567. The van der Waals surface area contributed by atoms with Crippen LogP contribution in [0.15, 0.2) is 16.8 Å². The molecule has 0 unspecified atom stereocenters. The van der Waals surface area contributed by atoms with Gasteiger partial charge in [-0.3, -0.25) is 0 Å². The quantitative estimate of drug-likeness (QED) is 0.514. The topological polar surface area (TPSA) is 26.0 Å². The van der Waals surface area contributed by atoms with Crippen LogP contribution in [-0.2, 0) is 0 Å². The van der Waals surface area contributed by atoms with Gasteiger partial charge in [0.2, 0.25) is 0 Å². The van der Waals surface area contributed by atoms with Crippen LogP contribution in [-0.4, -0.2) is 5.16 Å². The van der Waals surface area contributed by atoms with Gasteiger partial charge in [-0.25, -0.2) is 0 Å². The van der Waals surface area contributed by atoms with E-state index >= 15 is 0 Å². The van der Waals surface area contributed by atoms with Gasteiger partial charge < -0.3 is 4.52 Å². The Bertz CT molecular complexity index is 112. The van der Waals surface area contributed by atoms with Crippen molar-refractivity contribution in [2.45, 2.75) is 20.8 Å². The fourth-order valence-corrected chi connectivity index (χ4v) is 0.279. The largest absolute Gasteiger partial charge is 0.362 e. The first-order valence-electron chi connectivity index (χ1n) is 2.77. The molecular formula is C6H11NO. The minimum Gasteiger partial charge on any atom is -0.362 e. The standard InChI is InChI=1S/C4H5NO.C2H6/c1-4-2-3-5-6-4;1-2/h2-3H,1H3;1-2H3. The molecule has 0 aliphatic rings. The van der Waals surface area contributed by atoms with Gasteiger partial charge in [0.05, 0.1) is 6.20 Å². The van der Waals surface area contributed by atoms with Crippen molar-refractivity contribution in [3.8, 4) is 0 Å². The maximum absolute atomic E-state index is 4.58. The molecule has 0 spiro atoms. The summed E-state index contributed by atoms with van der Waals surface area (Å²) in [5.41, 5.74) is 0. The first kappa shape index (κ1) is 7.21. The van der Waals surface area contributed by atoms with Crippen molar-refractivity contribution in [2.75, 3.05) is 0 Å². The highest BCUT2D eigenvalue weighted by Crippen LogP contribution is 1.88. The first-order chi connectivity index (χ1) is 3.89. The SMILES string of the molecule is CC.Cc1ccno1. The zero-order chi connectivity index (χ0) is 6.41. The molecule has 1 aromatic heterocycles. The van der Waals surface area contributed by atoms with Crippen molar-refractivity contribution in [3.63, 3.8) is 0 Å². The Labute approximate surface area is 49.5 Å². The van der Waals surface area contributed by atoms with Crippen molar-refractivity contribution in [1.29, 1.82) is 0 Å². The molecule has 2 heteroatoms. The highest BCUT2D eigenvalue weighted by Gasteiger charge is 1.78. The predicted octanol–water partition coefficient (Wildman–Crippen LogP) is 2.01. The molecule has 1 heterocycles. The number of hydrogen-bond donors (Lipinski definition) is 0. The van der Waals surface area contributed by atoms with Crippen LogP contribution >= 0.6 is 0 Å². The van der Waals surface area contributed by atoms with E-state index in [0.717, 1.165) is 5.76 Å². The maximum Gasteiger partial charge on any atom is 0.133 e. The van der Waals surface area contributed by atoms with E-state index in [1.165, 1.54) is 0 Å². The lowest BCUT2D eigenvalue weighted by molar-refractivity contribution is 0.397. The summed E-state index contributed by atoms with van der Waals surface area (Å²) in [5, 5.41) is 3.45. The molecule has 2 nitrogen and oxygen atoms in total. The van der Waals surface area contributed by atoms with Gasteiger partial charge in [-0.1, -0.05) is 19.0 Å². The van der Waals surface area contributed by atoms with E-state index in [2.05, 4.69) is 9.68 Å². The van der Waals surface area contributed by atoms with Crippen molar-refractivity contribution < 1.29 is 4.52 Å². The van der Waals surface area contributed by atoms with Crippen molar-refractivity contribution in [2.24, 2.45) is 0 Å². The van der Waals surface area contributed by atoms with Crippen LogP contribution in [0.3, 0.4) is 0 Å². The second-order valence-electron chi connectivity index (χ2n) is 1.12. The van der Waals surface area contributed by atoms with Gasteiger partial charge in [-0.15, -0.1) is 0 Å². The van der Waals surface area contributed by atoms with Crippen LogP contribution in [0, 0.1) is 6.92 Å². The molecule has 0 bridgehead atoms. The summed E-state index contributed by atoms with van der Waals surface area (Å²) in [6.45, 7) is 5.85. The number of rotatable bonds is 0. The van der Waals surface area contributed by atoms with Gasteiger partial charge >= 0.3 is 0 Å². The summed E-state index contributed by atoms with van der Waals surface area (Å²) in [6.07, 6.45) is 1.62. The Morgan fingerprint density at radius 3 is 2.25 bits per heavy atom. The maximum atomic E-state index is 4.58. The Balaban J connectivity index is 0.000000222. The molecule has 0 atom stereocenters. The van der Waals surface area contributed by atoms with Crippen LogP contribution in [0.25, 0.3) is 0 Å². The monoisotopic (exact) mass is 113 g/mol. The summed E-state index contributed by atoms with van der Waals surface area (Å²) >= 11 is 0. The summed E-state index contributed by atoms with van der Waals surface area (Å²) in [7, 11) is 0. The zero-order valence-electron chi connectivity index (χ0n) is 5.51. The van der Waals surface area contributed by atoms with E-state index in [1.54, 1.807) is 12.3 Å². The third kappa shape index (κ3) is 2.39. The normalized spacial score (nSPS) is 7.38. The molecule has 1 rings (SSSR count). The third-order valence-electron chi connectivity index (χ3n) is 0.567. The van der Waals surface area contributed by atoms with Crippen LogP contribution in [0.5, 0.6) is 0 Å². The van der Waals surface area contributed by atoms with Crippen LogP contribution in [0.4, 0.5) is 0 Å². The lowest BCUT2D eigenvalue weighted by Gasteiger charge is -1.65. The van der Waals surface area contributed by atoms with Gasteiger partial charge in [0.25, 0.3) is 0 Å². The highest BCUT2D eigenvalue weighted by molar-refractivity contribution is 4.87. The molecule has 1 aromatic rings. The Kier molecular flexibility index (Phi) is 3.94. The molecule has 0 radical (unpaired) electrons. The van der Waals surface area contributed by atoms with Gasteiger partial charge in [0.15, 0.2) is 0 Å². The van der Waals surface area contributed by atoms with E-state index < -0.39 is 0 Å². The molecule has 0 aliphatic carbocycles. The molecule has 0 fully saturated rings. The first-order valence-corrected chi connectivity index (χ1v) is 2.77. The number of aryl methyl sites for hydroxylation is 1. The summed E-state index contributed by atoms with van der Waals surface area (Å²) in [6, 6.07) is 1.81. The lowest BCUT2D eigenvalue weighted by Crippen LogP contribution is -1.50. The zero-order valence-corrected chi connectivity index (χ0v) is 5.51. The van der Waals surface area contributed by atoms with Gasteiger partial charge in [-0.2, -0.15) is 0 Å². The second kappa shape index (κ2) is 4.37.